The average molecular weight is 383 g/mol. The van der Waals surface area contributed by atoms with E-state index in [1.165, 1.54) is 0 Å². The van der Waals surface area contributed by atoms with Gasteiger partial charge in [0.2, 0.25) is 5.91 Å². The number of amides is 3. The summed E-state index contributed by atoms with van der Waals surface area (Å²) >= 11 is 0. The molecule has 0 radical (unpaired) electrons. The van der Waals surface area contributed by atoms with Crippen LogP contribution in [-0.2, 0) is 9.53 Å². The highest BCUT2D eigenvalue weighted by molar-refractivity contribution is 5.80. The highest BCUT2D eigenvalue weighted by atomic mass is 16.5. The van der Waals surface area contributed by atoms with Crippen LogP contribution in [0.25, 0.3) is 6.08 Å². The number of likely N-dealkylation sites (tertiary alicyclic amines) is 2. The van der Waals surface area contributed by atoms with Crippen molar-refractivity contribution in [1.29, 1.82) is 0 Å². The first-order valence-corrected chi connectivity index (χ1v) is 10.3. The number of urea groups is 1. The molecule has 3 saturated heterocycles. The largest absolute Gasteiger partial charge is 0.378 e. The average Bonchev–Trinajstić information content (AvgIpc) is 3.04. The summed E-state index contributed by atoms with van der Waals surface area (Å²) in [6.45, 7) is 5.58. The molecular formula is C22H29N3O3. The maximum Gasteiger partial charge on any atom is 0.320 e. The normalized spacial score (nSPS) is 22.4. The van der Waals surface area contributed by atoms with Gasteiger partial charge in [0.25, 0.3) is 0 Å². The van der Waals surface area contributed by atoms with E-state index in [4.69, 9.17) is 4.74 Å². The third kappa shape index (κ3) is 4.22. The summed E-state index contributed by atoms with van der Waals surface area (Å²) in [5.41, 5.74) is 1.19. The first-order valence-electron chi connectivity index (χ1n) is 10.3. The van der Waals surface area contributed by atoms with Gasteiger partial charge in [0.1, 0.15) is 0 Å². The maximum absolute atomic E-state index is 12.7. The molecule has 0 aromatic heterocycles. The maximum atomic E-state index is 12.7. The number of benzene rings is 1. The Bertz CT molecular complexity index is 720. The van der Waals surface area contributed by atoms with Crippen molar-refractivity contribution in [2.45, 2.75) is 19.3 Å². The van der Waals surface area contributed by atoms with Gasteiger partial charge < -0.3 is 19.4 Å². The predicted octanol–water partition coefficient (Wildman–Crippen LogP) is 2.47. The van der Waals surface area contributed by atoms with Crippen LogP contribution in [-0.4, -0.2) is 79.1 Å². The number of nitrogens with zero attached hydrogens (tertiary/aromatic N) is 3. The molecule has 1 spiro atoms. The van der Waals surface area contributed by atoms with Gasteiger partial charge in [-0.1, -0.05) is 42.5 Å². The van der Waals surface area contributed by atoms with Gasteiger partial charge in [-0.25, -0.2) is 4.79 Å². The van der Waals surface area contributed by atoms with Crippen LogP contribution in [0.5, 0.6) is 0 Å². The molecule has 3 fully saturated rings. The Morgan fingerprint density at radius 2 is 1.71 bits per heavy atom. The van der Waals surface area contributed by atoms with Crippen molar-refractivity contribution in [2.24, 2.45) is 5.41 Å². The minimum atomic E-state index is 0.0411. The lowest BCUT2D eigenvalue weighted by Crippen LogP contribution is -2.52. The summed E-state index contributed by atoms with van der Waals surface area (Å²) in [6.07, 6.45) is 6.58. The standard InChI is InChI=1S/C22H29N3O3/c26-20-17-22(18-25(20)10-4-7-19-5-2-1-3-6-19)8-11-23(12-9-22)21(27)24-13-15-28-16-14-24/h1-7H,8-18H2/b7-4+. The number of hydrogen-bond acceptors (Lipinski definition) is 3. The second-order valence-electron chi connectivity index (χ2n) is 8.13. The van der Waals surface area contributed by atoms with E-state index in [9.17, 15) is 9.59 Å². The van der Waals surface area contributed by atoms with E-state index >= 15 is 0 Å². The SMILES string of the molecule is O=C1CC2(CCN(C(=O)N3CCOCC3)CC2)CN1C/C=C/c1ccccc1. The van der Waals surface area contributed by atoms with Crippen molar-refractivity contribution < 1.29 is 14.3 Å². The Morgan fingerprint density at radius 3 is 2.43 bits per heavy atom. The van der Waals surface area contributed by atoms with Crippen LogP contribution in [0.15, 0.2) is 36.4 Å². The van der Waals surface area contributed by atoms with Crippen LogP contribution in [0, 0.1) is 5.41 Å². The Hall–Kier alpha value is -2.34. The van der Waals surface area contributed by atoms with Gasteiger partial charge in [0.15, 0.2) is 0 Å². The van der Waals surface area contributed by atoms with Gasteiger partial charge >= 0.3 is 6.03 Å². The number of piperidine rings is 1. The number of carbonyl (C=O) groups excluding carboxylic acids is 2. The molecule has 1 aromatic carbocycles. The Labute approximate surface area is 166 Å². The smallest absolute Gasteiger partial charge is 0.320 e. The fourth-order valence-corrected chi connectivity index (χ4v) is 4.49. The summed E-state index contributed by atoms with van der Waals surface area (Å²) in [4.78, 5) is 31.0. The second kappa shape index (κ2) is 8.35. The van der Waals surface area contributed by atoms with Crippen molar-refractivity contribution in [3.63, 3.8) is 0 Å². The van der Waals surface area contributed by atoms with Crippen LogP contribution in [0.4, 0.5) is 4.79 Å². The first-order chi connectivity index (χ1) is 13.7. The third-order valence-electron chi connectivity index (χ3n) is 6.22. The molecule has 28 heavy (non-hydrogen) atoms. The molecule has 6 nitrogen and oxygen atoms in total. The van der Waals surface area contributed by atoms with Crippen molar-refractivity contribution >= 4 is 18.0 Å². The van der Waals surface area contributed by atoms with Crippen molar-refractivity contribution in [1.82, 2.24) is 14.7 Å². The number of carbonyl (C=O) groups is 2. The van der Waals surface area contributed by atoms with Gasteiger partial charge in [-0.15, -0.1) is 0 Å². The molecule has 0 saturated carbocycles. The van der Waals surface area contributed by atoms with Crippen LogP contribution >= 0.6 is 0 Å². The minimum absolute atomic E-state index is 0.0411. The summed E-state index contributed by atoms with van der Waals surface area (Å²) < 4.78 is 5.34. The highest BCUT2D eigenvalue weighted by Gasteiger charge is 2.45. The van der Waals surface area contributed by atoms with Gasteiger partial charge in [0.05, 0.1) is 13.2 Å². The van der Waals surface area contributed by atoms with Gasteiger partial charge in [-0.05, 0) is 18.4 Å². The molecule has 0 N–H and O–H groups in total. The zero-order valence-electron chi connectivity index (χ0n) is 16.4. The lowest BCUT2D eigenvalue weighted by Gasteiger charge is -2.41. The monoisotopic (exact) mass is 383 g/mol. The van der Waals surface area contributed by atoms with E-state index in [1.54, 1.807) is 0 Å². The van der Waals surface area contributed by atoms with Crippen LogP contribution in [0.2, 0.25) is 0 Å². The Balaban J connectivity index is 1.29. The molecule has 0 unspecified atom stereocenters. The van der Waals surface area contributed by atoms with E-state index in [0.29, 0.717) is 39.3 Å². The summed E-state index contributed by atoms with van der Waals surface area (Å²) in [6, 6.07) is 10.3. The van der Waals surface area contributed by atoms with Crippen LogP contribution in [0.3, 0.4) is 0 Å². The fourth-order valence-electron chi connectivity index (χ4n) is 4.49. The van der Waals surface area contributed by atoms with E-state index in [2.05, 4.69) is 24.3 Å². The molecule has 3 aliphatic rings. The van der Waals surface area contributed by atoms with E-state index in [0.717, 1.165) is 38.0 Å². The molecule has 1 aromatic rings. The quantitative estimate of drug-likeness (QED) is 0.806. The molecule has 150 valence electrons. The van der Waals surface area contributed by atoms with Crippen molar-refractivity contribution in [2.75, 3.05) is 52.5 Å². The Kier molecular flexibility index (Phi) is 5.67. The second-order valence-corrected chi connectivity index (χ2v) is 8.13. The molecule has 0 aliphatic carbocycles. The number of hydrogen-bond donors (Lipinski definition) is 0. The van der Waals surface area contributed by atoms with Gasteiger partial charge in [-0.2, -0.15) is 0 Å². The fraction of sp³-hybridized carbons (Fsp3) is 0.545. The topological polar surface area (TPSA) is 53.1 Å². The van der Waals surface area contributed by atoms with Crippen molar-refractivity contribution in [3.8, 4) is 0 Å². The van der Waals surface area contributed by atoms with Crippen LogP contribution < -0.4 is 0 Å². The van der Waals surface area contributed by atoms with Crippen LogP contribution in [0.1, 0.15) is 24.8 Å². The van der Waals surface area contributed by atoms with Crippen molar-refractivity contribution in [3.05, 3.63) is 42.0 Å². The van der Waals surface area contributed by atoms with E-state index in [-0.39, 0.29) is 17.4 Å². The summed E-state index contributed by atoms with van der Waals surface area (Å²) in [5.74, 6) is 0.241. The summed E-state index contributed by atoms with van der Waals surface area (Å²) in [7, 11) is 0. The first kappa shape index (κ1) is 19.0. The number of rotatable bonds is 3. The minimum Gasteiger partial charge on any atom is -0.378 e. The Morgan fingerprint density at radius 1 is 1.04 bits per heavy atom. The lowest BCUT2D eigenvalue weighted by atomic mass is 9.77. The molecule has 3 aliphatic heterocycles. The zero-order chi connectivity index (χ0) is 19.4. The predicted molar refractivity (Wildman–Crippen MR) is 108 cm³/mol. The van der Waals surface area contributed by atoms with E-state index in [1.807, 2.05) is 32.9 Å². The number of ether oxygens (including phenoxy) is 1. The zero-order valence-corrected chi connectivity index (χ0v) is 16.4. The van der Waals surface area contributed by atoms with E-state index < -0.39 is 0 Å². The summed E-state index contributed by atoms with van der Waals surface area (Å²) in [5, 5.41) is 0. The molecular weight excluding hydrogens is 354 g/mol. The lowest BCUT2D eigenvalue weighted by molar-refractivity contribution is -0.127. The van der Waals surface area contributed by atoms with Gasteiger partial charge in [0, 0.05) is 51.1 Å². The molecule has 3 heterocycles. The van der Waals surface area contributed by atoms with Gasteiger partial charge in [-0.3, -0.25) is 4.79 Å². The molecule has 0 bridgehead atoms. The highest BCUT2D eigenvalue weighted by Crippen LogP contribution is 2.41. The molecule has 3 amide bonds. The molecule has 6 heteroatoms. The third-order valence-corrected chi connectivity index (χ3v) is 6.22. The number of morpholine rings is 1. The molecule has 0 atom stereocenters. The molecule has 4 rings (SSSR count).